The molecule has 0 aromatic heterocycles. The summed E-state index contributed by atoms with van der Waals surface area (Å²) in [6.45, 7) is 6.27. The molecule has 1 aromatic carbocycles. The average molecular weight is 204 g/mol. The van der Waals surface area contributed by atoms with E-state index in [0.29, 0.717) is 0 Å². The molecule has 2 N–H and O–H groups in total. The van der Waals surface area contributed by atoms with E-state index >= 15 is 0 Å². The first-order chi connectivity index (χ1) is 7.04. The third-order valence-electron chi connectivity index (χ3n) is 2.18. The zero-order valence-electron chi connectivity index (χ0n) is 9.37. The molecule has 0 spiro atoms. The van der Waals surface area contributed by atoms with E-state index in [0.717, 1.165) is 16.9 Å². The number of nitriles is 1. The van der Waals surface area contributed by atoms with E-state index in [1.807, 2.05) is 26.8 Å². The minimum absolute atomic E-state index is 0.237. The number of hydrogen-bond donors (Lipinski definition) is 1. The molecule has 0 bridgehead atoms. The molecule has 0 aliphatic rings. The summed E-state index contributed by atoms with van der Waals surface area (Å²) in [6, 6.07) is 5.49. The summed E-state index contributed by atoms with van der Waals surface area (Å²) in [4.78, 5) is 0. The van der Waals surface area contributed by atoms with Crippen LogP contribution in [0.25, 0.3) is 0 Å². The molecule has 1 atom stereocenters. The Morgan fingerprint density at radius 3 is 2.33 bits per heavy atom. The largest absolute Gasteiger partial charge is 0.490 e. The monoisotopic (exact) mass is 204 g/mol. The van der Waals surface area contributed by atoms with Gasteiger partial charge in [-0.25, -0.2) is 0 Å². The van der Waals surface area contributed by atoms with E-state index in [1.165, 1.54) is 5.56 Å². The summed E-state index contributed by atoms with van der Waals surface area (Å²) in [5.74, 6) is 0.839. The molecule has 0 aliphatic carbocycles. The third-order valence-corrected chi connectivity index (χ3v) is 2.18. The molecule has 0 aliphatic heterocycles. The Kier molecular flexibility index (Phi) is 3.70. The van der Waals surface area contributed by atoms with Crippen molar-refractivity contribution in [3.63, 3.8) is 0 Å². The first kappa shape index (κ1) is 11.5. The van der Waals surface area contributed by atoms with Crippen molar-refractivity contribution in [3.8, 4) is 11.8 Å². The lowest BCUT2D eigenvalue weighted by Gasteiger charge is -2.13. The standard InChI is InChI=1S/C12H16N2O/c1-8-4-9(2)12(10(3)5-8)15-7-11(14)6-13/h4-5,11H,7,14H2,1-3H3. The van der Waals surface area contributed by atoms with Crippen molar-refractivity contribution in [2.24, 2.45) is 5.73 Å². The molecule has 3 heteroatoms. The van der Waals surface area contributed by atoms with Gasteiger partial charge >= 0.3 is 0 Å². The molecule has 1 aromatic rings. The SMILES string of the molecule is Cc1cc(C)c(OCC(N)C#N)c(C)c1. The highest BCUT2D eigenvalue weighted by Gasteiger charge is 2.07. The minimum atomic E-state index is -0.565. The first-order valence-corrected chi connectivity index (χ1v) is 4.90. The molecule has 80 valence electrons. The van der Waals surface area contributed by atoms with Gasteiger partial charge in [0.1, 0.15) is 18.4 Å². The summed E-state index contributed by atoms with van der Waals surface area (Å²) in [5.41, 5.74) is 8.84. The molecule has 0 saturated heterocycles. The average Bonchev–Trinajstić information content (AvgIpc) is 2.15. The number of aryl methyl sites for hydroxylation is 3. The van der Waals surface area contributed by atoms with E-state index in [1.54, 1.807) is 0 Å². The van der Waals surface area contributed by atoms with Gasteiger partial charge in [-0.3, -0.25) is 0 Å². The summed E-state index contributed by atoms with van der Waals surface area (Å²) in [5, 5.41) is 8.54. The topological polar surface area (TPSA) is 59.0 Å². The van der Waals surface area contributed by atoms with Crippen molar-refractivity contribution < 1.29 is 4.74 Å². The highest BCUT2D eigenvalue weighted by Crippen LogP contribution is 2.24. The molecule has 15 heavy (non-hydrogen) atoms. The van der Waals surface area contributed by atoms with Crippen molar-refractivity contribution in [2.45, 2.75) is 26.8 Å². The maximum absolute atomic E-state index is 8.54. The van der Waals surface area contributed by atoms with Crippen molar-refractivity contribution in [3.05, 3.63) is 28.8 Å². The fourth-order valence-electron chi connectivity index (χ4n) is 1.60. The van der Waals surface area contributed by atoms with Gasteiger partial charge in [-0.2, -0.15) is 5.26 Å². The Morgan fingerprint density at radius 1 is 1.33 bits per heavy atom. The second-order valence-electron chi connectivity index (χ2n) is 3.77. The minimum Gasteiger partial charge on any atom is -0.490 e. The Balaban J connectivity index is 2.82. The number of nitrogens with zero attached hydrogens (tertiary/aromatic N) is 1. The van der Waals surface area contributed by atoms with Crippen LogP contribution in [0.4, 0.5) is 0 Å². The lowest BCUT2D eigenvalue weighted by Crippen LogP contribution is -2.26. The van der Waals surface area contributed by atoms with Crippen LogP contribution in [0.5, 0.6) is 5.75 Å². The number of benzene rings is 1. The van der Waals surface area contributed by atoms with Crippen molar-refractivity contribution in [1.82, 2.24) is 0 Å². The predicted octanol–water partition coefficient (Wildman–Crippen LogP) is 1.84. The molecule has 0 amide bonds. The lowest BCUT2D eigenvalue weighted by atomic mass is 10.1. The maximum Gasteiger partial charge on any atom is 0.127 e. The van der Waals surface area contributed by atoms with Crippen molar-refractivity contribution in [2.75, 3.05) is 6.61 Å². The predicted molar refractivity (Wildman–Crippen MR) is 59.7 cm³/mol. The zero-order valence-corrected chi connectivity index (χ0v) is 9.37. The van der Waals surface area contributed by atoms with E-state index in [2.05, 4.69) is 12.1 Å². The summed E-state index contributed by atoms with van der Waals surface area (Å²) in [7, 11) is 0. The second kappa shape index (κ2) is 4.81. The van der Waals surface area contributed by atoms with Crippen LogP contribution >= 0.6 is 0 Å². The Labute approximate surface area is 90.5 Å². The van der Waals surface area contributed by atoms with Crippen molar-refractivity contribution >= 4 is 0 Å². The van der Waals surface area contributed by atoms with Crippen LogP contribution in [0, 0.1) is 32.1 Å². The second-order valence-corrected chi connectivity index (χ2v) is 3.77. The van der Waals surface area contributed by atoms with Crippen LogP contribution in [-0.2, 0) is 0 Å². The van der Waals surface area contributed by atoms with Crippen LogP contribution in [0.1, 0.15) is 16.7 Å². The van der Waals surface area contributed by atoms with Crippen LogP contribution < -0.4 is 10.5 Å². The quantitative estimate of drug-likeness (QED) is 0.817. The molecule has 1 rings (SSSR count). The summed E-state index contributed by atoms with van der Waals surface area (Å²) in [6.07, 6.45) is 0. The third kappa shape index (κ3) is 2.97. The first-order valence-electron chi connectivity index (χ1n) is 4.90. The van der Waals surface area contributed by atoms with E-state index in [-0.39, 0.29) is 6.61 Å². The molecular weight excluding hydrogens is 188 g/mol. The van der Waals surface area contributed by atoms with Gasteiger partial charge in [-0.05, 0) is 31.9 Å². The molecule has 3 nitrogen and oxygen atoms in total. The smallest absolute Gasteiger partial charge is 0.127 e. The molecule has 0 heterocycles. The fraction of sp³-hybridized carbons (Fsp3) is 0.417. The van der Waals surface area contributed by atoms with Crippen LogP contribution in [0.3, 0.4) is 0 Å². The normalized spacial score (nSPS) is 11.9. The number of rotatable bonds is 3. The highest BCUT2D eigenvalue weighted by molar-refractivity contribution is 5.42. The molecule has 1 unspecified atom stereocenters. The van der Waals surface area contributed by atoms with E-state index in [4.69, 9.17) is 15.7 Å². The molecule has 0 saturated carbocycles. The highest BCUT2D eigenvalue weighted by atomic mass is 16.5. The van der Waals surface area contributed by atoms with Crippen LogP contribution in [-0.4, -0.2) is 12.6 Å². The van der Waals surface area contributed by atoms with E-state index < -0.39 is 6.04 Å². The van der Waals surface area contributed by atoms with Gasteiger partial charge in [0, 0.05) is 0 Å². The van der Waals surface area contributed by atoms with Gasteiger partial charge in [0.15, 0.2) is 0 Å². The van der Waals surface area contributed by atoms with Gasteiger partial charge in [0.25, 0.3) is 0 Å². The van der Waals surface area contributed by atoms with Gasteiger partial charge in [-0.15, -0.1) is 0 Å². The summed E-state index contributed by atoms with van der Waals surface area (Å²) < 4.78 is 5.53. The Bertz CT molecular complexity index is 370. The lowest BCUT2D eigenvalue weighted by molar-refractivity contribution is 0.304. The summed E-state index contributed by atoms with van der Waals surface area (Å²) >= 11 is 0. The van der Waals surface area contributed by atoms with E-state index in [9.17, 15) is 0 Å². The van der Waals surface area contributed by atoms with Gasteiger partial charge < -0.3 is 10.5 Å². The molecule has 0 fully saturated rings. The zero-order chi connectivity index (χ0) is 11.4. The number of hydrogen-bond acceptors (Lipinski definition) is 3. The fourth-order valence-corrected chi connectivity index (χ4v) is 1.60. The van der Waals surface area contributed by atoms with Crippen molar-refractivity contribution in [1.29, 1.82) is 5.26 Å². The van der Waals surface area contributed by atoms with Gasteiger partial charge in [0.2, 0.25) is 0 Å². The Hall–Kier alpha value is -1.53. The maximum atomic E-state index is 8.54. The van der Waals surface area contributed by atoms with Gasteiger partial charge in [0.05, 0.1) is 6.07 Å². The molecular formula is C12H16N2O. The molecule has 0 radical (unpaired) electrons. The number of ether oxygens (including phenoxy) is 1. The number of nitrogens with two attached hydrogens (primary N) is 1. The van der Waals surface area contributed by atoms with Crippen LogP contribution in [0.15, 0.2) is 12.1 Å². The Morgan fingerprint density at radius 2 is 1.87 bits per heavy atom. The van der Waals surface area contributed by atoms with Crippen LogP contribution in [0.2, 0.25) is 0 Å². The van der Waals surface area contributed by atoms with Gasteiger partial charge in [-0.1, -0.05) is 17.7 Å².